The molecule has 0 aromatic heterocycles. The Kier molecular flexibility index (Phi) is 2.99. The lowest BCUT2D eigenvalue weighted by atomic mass is 9.88. The van der Waals surface area contributed by atoms with Crippen LogP contribution < -0.4 is 0 Å². The normalized spacial score (nSPS) is 24.2. The first-order valence-electron chi connectivity index (χ1n) is 7.11. The van der Waals surface area contributed by atoms with E-state index in [1.807, 2.05) is 18.2 Å². The third-order valence-corrected chi connectivity index (χ3v) is 5.69. The quantitative estimate of drug-likeness (QED) is 0.521. The number of hydrogen-bond acceptors (Lipinski definition) is 0. The Morgan fingerprint density at radius 3 is 2.38 bits per heavy atom. The summed E-state index contributed by atoms with van der Waals surface area (Å²) in [6.07, 6.45) is 0.810. The van der Waals surface area contributed by atoms with Crippen molar-refractivity contribution in [2.45, 2.75) is 16.7 Å². The molecule has 0 unspecified atom stereocenters. The lowest BCUT2D eigenvalue weighted by Gasteiger charge is -2.28. The minimum Gasteiger partial charge on any atom is -0.120 e. The summed E-state index contributed by atoms with van der Waals surface area (Å²) in [5.74, 6) is 0. The monoisotopic (exact) mass is 312 g/mol. The standard InChI is InChI=1S/C19H14Cl2/c20-18-12-14-7-2-4-10-16(14)19(18,21)17-11-5-8-13-6-1-3-9-15(13)17/h1-11,18H,12H2/t18-,19-/m1/s1. The fourth-order valence-corrected chi connectivity index (χ4v) is 4.24. The highest BCUT2D eigenvalue weighted by Gasteiger charge is 2.46. The van der Waals surface area contributed by atoms with Crippen LogP contribution in [0, 0.1) is 0 Å². The largest absolute Gasteiger partial charge is 0.120 e. The van der Waals surface area contributed by atoms with E-state index in [9.17, 15) is 0 Å². The van der Waals surface area contributed by atoms with Gasteiger partial charge in [-0.1, -0.05) is 66.7 Å². The summed E-state index contributed by atoms with van der Waals surface area (Å²) in [5.41, 5.74) is 3.50. The number of fused-ring (bicyclic) bond motifs is 2. The first-order chi connectivity index (χ1) is 10.2. The van der Waals surface area contributed by atoms with E-state index >= 15 is 0 Å². The molecule has 0 nitrogen and oxygen atoms in total. The highest BCUT2D eigenvalue weighted by atomic mass is 35.5. The van der Waals surface area contributed by atoms with Gasteiger partial charge >= 0.3 is 0 Å². The van der Waals surface area contributed by atoms with Gasteiger partial charge in [0.1, 0.15) is 4.87 Å². The van der Waals surface area contributed by atoms with Gasteiger partial charge in [-0.25, -0.2) is 0 Å². The van der Waals surface area contributed by atoms with Crippen molar-refractivity contribution in [1.82, 2.24) is 0 Å². The smallest absolute Gasteiger partial charge is 0.112 e. The van der Waals surface area contributed by atoms with Gasteiger partial charge in [0.15, 0.2) is 0 Å². The Morgan fingerprint density at radius 2 is 1.48 bits per heavy atom. The Balaban J connectivity index is 2.04. The maximum absolute atomic E-state index is 7.12. The summed E-state index contributed by atoms with van der Waals surface area (Å²) >= 11 is 13.8. The van der Waals surface area contributed by atoms with E-state index in [1.165, 1.54) is 16.3 Å². The van der Waals surface area contributed by atoms with Crippen LogP contribution in [0.25, 0.3) is 10.8 Å². The minimum absolute atomic E-state index is 0.137. The van der Waals surface area contributed by atoms with Crippen LogP contribution in [0.15, 0.2) is 66.7 Å². The van der Waals surface area contributed by atoms with Gasteiger partial charge in [-0.2, -0.15) is 0 Å². The van der Waals surface area contributed by atoms with Gasteiger partial charge in [-0.15, -0.1) is 23.2 Å². The van der Waals surface area contributed by atoms with Crippen LogP contribution in [0.5, 0.6) is 0 Å². The Morgan fingerprint density at radius 1 is 0.810 bits per heavy atom. The average molecular weight is 313 g/mol. The molecule has 0 saturated carbocycles. The van der Waals surface area contributed by atoms with E-state index in [0.717, 1.165) is 17.5 Å². The molecule has 0 spiro atoms. The van der Waals surface area contributed by atoms with Crippen LogP contribution in [-0.4, -0.2) is 5.38 Å². The lowest BCUT2D eigenvalue weighted by Crippen LogP contribution is -2.27. The van der Waals surface area contributed by atoms with E-state index in [-0.39, 0.29) is 5.38 Å². The molecule has 2 heteroatoms. The van der Waals surface area contributed by atoms with Gasteiger partial charge in [0.25, 0.3) is 0 Å². The van der Waals surface area contributed by atoms with Gasteiger partial charge in [0.05, 0.1) is 5.38 Å². The van der Waals surface area contributed by atoms with Gasteiger partial charge in [-0.05, 0) is 33.9 Å². The molecule has 0 amide bonds. The van der Waals surface area contributed by atoms with Gasteiger partial charge in [0, 0.05) is 0 Å². The zero-order chi connectivity index (χ0) is 14.4. The van der Waals surface area contributed by atoms with Gasteiger partial charge in [0.2, 0.25) is 0 Å². The zero-order valence-electron chi connectivity index (χ0n) is 11.4. The molecule has 0 N–H and O–H groups in total. The van der Waals surface area contributed by atoms with Gasteiger partial charge < -0.3 is 0 Å². The molecule has 3 aromatic rings. The maximum Gasteiger partial charge on any atom is 0.112 e. The molecule has 0 heterocycles. The molecule has 0 radical (unpaired) electrons. The molecule has 21 heavy (non-hydrogen) atoms. The third-order valence-electron chi connectivity index (χ3n) is 4.42. The Hall–Kier alpha value is -1.50. The highest BCUT2D eigenvalue weighted by Crippen LogP contribution is 2.51. The third kappa shape index (κ3) is 1.83. The summed E-state index contributed by atoms with van der Waals surface area (Å²) in [4.78, 5) is -0.654. The first kappa shape index (κ1) is 13.2. The first-order valence-corrected chi connectivity index (χ1v) is 7.92. The van der Waals surface area contributed by atoms with Crippen LogP contribution in [0.4, 0.5) is 0 Å². The number of alkyl halides is 2. The van der Waals surface area contributed by atoms with Crippen molar-refractivity contribution in [3.63, 3.8) is 0 Å². The molecule has 0 bridgehead atoms. The molecule has 4 rings (SSSR count). The summed E-state index contributed by atoms with van der Waals surface area (Å²) in [5, 5.41) is 2.24. The molecule has 1 aliphatic rings. The predicted molar refractivity (Wildman–Crippen MR) is 90.4 cm³/mol. The Bertz CT molecular complexity index is 819. The van der Waals surface area contributed by atoms with Crippen LogP contribution >= 0.6 is 23.2 Å². The SMILES string of the molecule is Cl[C@@H]1Cc2ccccc2[C@@]1(Cl)c1cccc2ccccc12. The van der Waals surface area contributed by atoms with E-state index in [2.05, 4.69) is 48.5 Å². The lowest BCUT2D eigenvalue weighted by molar-refractivity contribution is 0.727. The average Bonchev–Trinajstić information content (AvgIpc) is 2.79. The number of benzene rings is 3. The maximum atomic E-state index is 7.12. The van der Waals surface area contributed by atoms with Crippen molar-refractivity contribution in [3.8, 4) is 0 Å². The number of hydrogen-bond donors (Lipinski definition) is 0. The fourth-order valence-electron chi connectivity index (χ4n) is 3.41. The van der Waals surface area contributed by atoms with Crippen molar-refractivity contribution in [2.24, 2.45) is 0 Å². The van der Waals surface area contributed by atoms with Crippen molar-refractivity contribution in [3.05, 3.63) is 83.4 Å². The molecule has 104 valence electrons. The van der Waals surface area contributed by atoms with Crippen molar-refractivity contribution < 1.29 is 0 Å². The zero-order valence-corrected chi connectivity index (χ0v) is 12.9. The van der Waals surface area contributed by atoms with Crippen molar-refractivity contribution in [1.29, 1.82) is 0 Å². The molecular formula is C19H14Cl2. The summed E-state index contributed by atoms with van der Waals surface area (Å²) in [6, 6.07) is 22.9. The van der Waals surface area contributed by atoms with Gasteiger partial charge in [-0.3, -0.25) is 0 Å². The summed E-state index contributed by atoms with van der Waals surface area (Å²) < 4.78 is 0. The number of halogens is 2. The molecule has 0 saturated heterocycles. The molecule has 0 aliphatic heterocycles. The van der Waals surface area contributed by atoms with Crippen LogP contribution in [0.1, 0.15) is 16.7 Å². The molecule has 0 fully saturated rings. The second kappa shape index (κ2) is 4.76. The summed E-state index contributed by atoms with van der Waals surface area (Å²) in [6.45, 7) is 0. The predicted octanol–water partition coefficient (Wildman–Crippen LogP) is 5.49. The molecule has 2 atom stereocenters. The van der Waals surface area contributed by atoms with Crippen LogP contribution in [-0.2, 0) is 11.3 Å². The molecular weight excluding hydrogens is 299 g/mol. The Labute approximate surface area is 134 Å². The highest BCUT2D eigenvalue weighted by molar-refractivity contribution is 6.35. The van der Waals surface area contributed by atoms with E-state index < -0.39 is 4.87 Å². The van der Waals surface area contributed by atoms with E-state index in [4.69, 9.17) is 23.2 Å². The second-order valence-electron chi connectivity index (χ2n) is 5.57. The second-order valence-corrected chi connectivity index (χ2v) is 6.69. The number of rotatable bonds is 1. The van der Waals surface area contributed by atoms with Crippen molar-refractivity contribution >= 4 is 34.0 Å². The van der Waals surface area contributed by atoms with Crippen LogP contribution in [0.2, 0.25) is 0 Å². The fraction of sp³-hybridized carbons (Fsp3) is 0.158. The van der Waals surface area contributed by atoms with Crippen molar-refractivity contribution in [2.75, 3.05) is 0 Å². The summed E-state index contributed by atoms with van der Waals surface area (Å²) in [7, 11) is 0. The van der Waals surface area contributed by atoms with E-state index in [0.29, 0.717) is 0 Å². The topological polar surface area (TPSA) is 0 Å². The molecule has 3 aromatic carbocycles. The van der Waals surface area contributed by atoms with Crippen LogP contribution in [0.3, 0.4) is 0 Å². The minimum atomic E-state index is -0.654. The van der Waals surface area contributed by atoms with E-state index in [1.54, 1.807) is 0 Å². The molecule has 1 aliphatic carbocycles.